The van der Waals surface area contributed by atoms with E-state index in [0.717, 1.165) is 0 Å². The maximum atomic E-state index is 13.4. The van der Waals surface area contributed by atoms with Gasteiger partial charge in [0.1, 0.15) is 6.04 Å². The average molecular weight is 450 g/mol. The van der Waals surface area contributed by atoms with Crippen LogP contribution in [0, 0.1) is 0 Å². The van der Waals surface area contributed by atoms with Crippen LogP contribution in [-0.2, 0) is 9.59 Å². The summed E-state index contributed by atoms with van der Waals surface area (Å²) in [6.45, 7) is 5.44. The van der Waals surface area contributed by atoms with Gasteiger partial charge < -0.3 is 10.6 Å². The molecule has 0 aliphatic carbocycles. The Morgan fingerprint density at radius 3 is 2.09 bits per heavy atom. The molecular formula is C25H27N3O3S. The van der Waals surface area contributed by atoms with E-state index >= 15 is 0 Å². The molecule has 2 aromatic carbocycles. The van der Waals surface area contributed by atoms with Gasteiger partial charge in [-0.3, -0.25) is 19.3 Å². The molecule has 7 heteroatoms. The molecule has 3 amide bonds. The zero-order valence-electron chi connectivity index (χ0n) is 18.4. The summed E-state index contributed by atoms with van der Waals surface area (Å²) >= 11 is 1.30. The fraction of sp³-hybridized carbons (Fsp3) is 0.240. The number of amides is 3. The number of benzene rings is 2. The minimum absolute atomic E-state index is 0.238. The molecule has 0 unspecified atom stereocenters. The molecule has 32 heavy (non-hydrogen) atoms. The van der Waals surface area contributed by atoms with E-state index in [2.05, 4.69) is 10.6 Å². The molecule has 0 bridgehead atoms. The predicted molar refractivity (Wildman–Crippen MR) is 128 cm³/mol. The lowest BCUT2D eigenvalue weighted by molar-refractivity contribution is -0.127. The number of rotatable bonds is 7. The van der Waals surface area contributed by atoms with Crippen LogP contribution in [0.4, 0.5) is 5.69 Å². The molecule has 2 N–H and O–H groups in total. The summed E-state index contributed by atoms with van der Waals surface area (Å²) in [4.78, 5) is 41.2. The van der Waals surface area contributed by atoms with Gasteiger partial charge in [-0.2, -0.15) is 0 Å². The third kappa shape index (κ3) is 6.04. The van der Waals surface area contributed by atoms with Gasteiger partial charge in [-0.1, -0.05) is 54.6 Å². The van der Waals surface area contributed by atoms with Crippen LogP contribution in [0.3, 0.4) is 0 Å². The fourth-order valence-electron chi connectivity index (χ4n) is 3.25. The lowest BCUT2D eigenvalue weighted by Gasteiger charge is -2.34. The first-order valence-corrected chi connectivity index (χ1v) is 11.2. The van der Waals surface area contributed by atoms with Crippen LogP contribution < -0.4 is 15.5 Å². The second kappa shape index (κ2) is 10.2. The number of nitrogens with one attached hydrogen (secondary N) is 2. The summed E-state index contributed by atoms with van der Waals surface area (Å²) in [5.74, 6) is -1.01. The Morgan fingerprint density at radius 2 is 1.53 bits per heavy atom. The Balaban J connectivity index is 1.96. The SMILES string of the molecule is CC(C)(C)NC(=O)[C@@H](c1ccccc1)N(C(=O)CNC(=O)c1cccs1)c1ccccc1. The van der Waals surface area contributed by atoms with Gasteiger partial charge in [0, 0.05) is 11.2 Å². The lowest BCUT2D eigenvalue weighted by Crippen LogP contribution is -2.51. The smallest absolute Gasteiger partial charge is 0.261 e. The van der Waals surface area contributed by atoms with Crippen LogP contribution in [0.5, 0.6) is 0 Å². The number of carbonyl (C=O) groups excluding carboxylic acids is 3. The van der Waals surface area contributed by atoms with Crippen LogP contribution in [0.2, 0.25) is 0 Å². The standard InChI is InChI=1S/C25H27N3O3S/c1-25(2,3)27-24(31)22(18-11-6-4-7-12-18)28(19-13-8-5-9-14-19)21(29)17-26-23(30)20-15-10-16-32-20/h4-16,22H,17H2,1-3H3,(H,26,30)(H,27,31)/t22-/m1/s1. The van der Waals surface area contributed by atoms with E-state index in [4.69, 9.17) is 0 Å². The molecule has 0 spiro atoms. The maximum absolute atomic E-state index is 13.4. The summed E-state index contributed by atoms with van der Waals surface area (Å²) in [6.07, 6.45) is 0. The third-order valence-corrected chi connectivity index (χ3v) is 5.44. The highest BCUT2D eigenvalue weighted by Gasteiger charge is 2.34. The van der Waals surface area contributed by atoms with Crippen molar-refractivity contribution in [1.29, 1.82) is 0 Å². The number of anilines is 1. The largest absolute Gasteiger partial charge is 0.349 e. The van der Waals surface area contributed by atoms with Crippen molar-refractivity contribution in [2.24, 2.45) is 0 Å². The van der Waals surface area contributed by atoms with E-state index in [9.17, 15) is 14.4 Å². The molecule has 166 valence electrons. The van der Waals surface area contributed by atoms with E-state index in [1.807, 2.05) is 69.3 Å². The van der Waals surface area contributed by atoms with Crippen molar-refractivity contribution in [2.75, 3.05) is 11.4 Å². The predicted octanol–water partition coefficient (Wildman–Crippen LogP) is 4.17. The normalized spacial score (nSPS) is 12.0. The van der Waals surface area contributed by atoms with Gasteiger partial charge in [0.2, 0.25) is 11.8 Å². The molecule has 0 aliphatic rings. The molecule has 3 aromatic rings. The van der Waals surface area contributed by atoms with Gasteiger partial charge in [0.25, 0.3) is 5.91 Å². The molecule has 0 fully saturated rings. The summed E-state index contributed by atoms with van der Waals surface area (Å²) in [7, 11) is 0. The Labute approximate surface area is 192 Å². The molecule has 1 atom stereocenters. The molecule has 0 saturated heterocycles. The second-order valence-electron chi connectivity index (χ2n) is 8.31. The lowest BCUT2D eigenvalue weighted by atomic mass is 10.0. The fourth-order valence-corrected chi connectivity index (χ4v) is 3.89. The van der Waals surface area contributed by atoms with Crippen LogP contribution in [-0.4, -0.2) is 29.8 Å². The number of nitrogens with zero attached hydrogens (tertiary/aromatic N) is 1. The Hall–Kier alpha value is -3.45. The van der Waals surface area contributed by atoms with Gasteiger partial charge in [-0.25, -0.2) is 0 Å². The number of hydrogen-bond acceptors (Lipinski definition) is 4. The van der Waals surface area contributed by atoms with Crippen molar-refractivity contribution in [3.05, 3.63) is 88.6 Å². The first-order chi connectivity index (χ1) is 15.3. The van der Waals surface area contributed by atoms with Crippen molar-refractivity contribution in [2.45, 2.75) is 32.4 Å². The molecule has 0 aliphatic heterocycles. The minimum atomic E-state index is -0.899. The third-order valence-electron chi connectivity index (χ3n) is 4.57. The van der Waals surface area contributed by atoms with E-state index in [-0.39, 0.29) is 24.3 Å². The van der Waals surface area contributed by atoms with Crippen molar-refractivity contribution >= 4 is 34.7 Å². The first-order valence-electron chi connectivity index (χ1n) is 10.3. The van der Waals surface area contributed by atoms with Gasteiger partial charge >= 0.3 is 0 Å². The van der Waals surface area contributed by atoms with E-state index in [1.165, 1.54) is 16.2 Å². The van der Waals surface area contributed by atoms with Crippen molar-refractivity contribution < 1.29 is 14.4 Å². The highest BCUT2D eigenvalue weighted by molar-refractivity contribution is 7.12. The van der Waals surface area contributed by atoms with E-state index in [0.29, 0.717) is 16.1 Å². The van der Waals surface area contributed by atoms with Crippen LogP contribution >= 0.6 is 11.3 Å². The van der Waals surface area contributed by atoms with Gasteiger partial charge in [0.05, 0.1) is 11.4 Å². The molecule has 0 radical (unpaired) electrons. The maximum Gasteiger partial charge on any atom is 0.261 e. The van der Waals surface area contributed by atoms with Crippen molar-refractivity contribution in [3.63, 3.8) is 0 Å². The molecule has 3 rings (SSSR count). The average Bonchev–Trinajstić information content (AvgIpc) is 3.30. The number of thiophene rings is 1. The molecule has 1 heterocycles. The van der Waals surface area contributed by atoms with Crippen molar-refractivity contribution in [3.8, 4) is 0 Å². The van der Waals surface area contributed by atoms with Crippen molar-refractivity contribution in [1.82, 2.24) is 10.6 Å². The Bertz CT molecular complexity index is 1050. The summed E-state index contributed by atoms with van der Waals surface area (Å²) in [5, 5.41) is 7.47. The topological polar surface area (TPSA) is 78.5 Å². The summed E-state index contributed by atoms with van der Waals surface area (Å²) in [5.41, 5.74) is 0.764. The van der Waals surface area contributed by atoms with Gasteiger partial charge in [-0.15, -0.1) is 11.3 Å². The molecular weight excluding hydrogens is 422 g/mol. The van der Waals surface area contributed by atoms with Crippen LogP contribution in [0.15, 0.2) is 78.2 Å². The monoisotopic (exact) mass is 449 g/mol. The van der Waals surface area contributed by atoms with Gasteiger partial charge in [-0.05, 0) is 49.9 Å². The zero-order valence-corrected chi connectivity index (χ0v) is 19.2. The molecule has 0 saturated carbocycles. The van der Waals surface area contributed by atoms with Crippen LogP contribution in [0.1, 0.15) is 42.0 Å². The number of para-hydroxylation sites is 1. The first kappa shape index (κ1) is 23.2. The van der Waals surface area contributed by atoms with E-state index in [1.54, 1.807) is 29.6 Å². The highest BCUT2D eigenvalue weighted by atomic mass is 32.1. The quantitative estimate of drug-likeness (QED) is 0.568. The highest BCUT2D eigenvalue weighted by Crippen LogP contribution is 2.28. The Kier molecular flexibility index (Phi) is 7.43. The minimum Gasteiger partial charge on any atom is -0.349 e. The summed E-state index contributed by atoms with van der Waals surface area (Å²) < 4.78 is 0. The molecule has 6 nitrogen and oxygen atoms in total. The van der Waals surface area contributed by atoms with Gasteiger partial charge in [0.15, 0.2) is 0 Å². The second-order valence-corrected chi connectivity index (χ2v) is 9.26. The summed E-state index contributed by atoms with van der Waals surface area (Å²) in [6, 6.07) is 20.8. The zero-order chi connectivity index (χ0) is 23.1. The Morgan fingerprint density at radius 1 is 0.906 bits per heavy atom. The van der Waals surface area contributed by atoms with Crippen LogP contribution in [0.25, 0.3) is 0 Å². The molecule has 1 aromatic heterocycles. The van der Waals surface area contributed by atoms with E-state index < -0.39 is 11.6 Å². The number of hydrogen-bond donors (Lipinski definition) is 2. The number of carbonyl (C=O) groups is 3.